The Hall–Kier alpha value is -1.90. The van der Waals surface area contributed by atoms with Crippen LogP contribution in [0.4, 0.5) is 5.69 Å². The number of hydrogen-bond acceptors (Lipinski definition) is 4. The Morgan fingerprint density at radius 2 is 1.56 bits per heavy atom. The third-order valence-electron chi connectivity index (χ3n) is 3.99. The maximum Gasteiger partial charge on any atom is 0.241 e. The van der Waals surface area contributed by atoms with E-state index in [0.717, 1.165) is 16.1 Å². The Labute approximate surface area is 149 Å². The van der Waals surface area contributed by atoms with Gasteiger partial charge in [0.25, 0.3) is 0 Å². The van der Waals surface area contributed by atoms with Crippen LogP contribution in [0.15, 0.2) is 47.4 Å². The Balaban J connectivity index is 2.42. The average molecular weight is 383 g/mol. The lowest BCUT2D eigenvalue weighted by Gasteiger charge is -2.23. The minimum Gasteiger partial charge on any atom is -0.273 e. The van der Waals surface area contributed by atoms with Gasteiger partial charge >= 0.3 is 0 Å². The molecular formula is C17H22N2O4S2. The van der Waals surface area contributed by atoms with Crippen molar-refractivity contribution in [3.63, 3.8) is 0 Å². The highest BCUT2D eigenvalue weighted by Crippen LogP contribution is 2.30. The molecule has 0 saturated carbocycles. The summed E-state index contributed by atoms with van der Waals surface area (Å²) in [5.74, 6) is 0. The molecule has 2 aromatic rings. The first-order chi connectivity index (χ1) is 11.5. The van der Waals surface area contributed by atoms with E-state index in [4.69, 9.17) is 0 Å². The number of anilines is 1. The number of nitrogens with zero attached hydrogens (tertiary/aromatic N) is 1. The van der Waals surface area contributed by atoms with Crippen molar-refractivity contribution in [2.45, 2.75) is 25.3 Å². The van der Waals surface area contributed by atoms with E-state index in [1.165, 1.54) is 13.1 Å². The van der Waals surface area contributed by atoms with Gasteiger partial charge in [-0.1, -0.05) is 36.4 Å². The van der Waals surface area contributed by atoms with E-state index in [9.17, 15) is 16.8 Å². The van der Waals surface area contributed by atoms with Crippen LogP contribution in [-0.2, 0) is 26.6 Å². The van der Waals surface area contributed by atoms with Crippen molar-refractivity contribution in [2.75, 3.05) is 17.6 Å². The van der Waals surface area contributed by atoms with Crippen LogP contribution in [-0.4, -0.2) is 30.1 Å². The Morgan fingerprint density at radius 1 is 0.960 bits per heavy atom. The van der Waals surface area contributed by atoms with E-state index in [1.54, 1.807) is 19.9 Å². The summed E-state index contributed by atoms with van der Waals surface area (Å²) < 4.78 is 52.8. The highest BCUT2D eigenvalue weighted by Gasteiger charge is 2.24. The molecule has 0 aromatic heterocycles. The summed E-state index contributed by atoms with van der Waals surface area (Å²) in [6.45, 7) is 3.52. The van der Waals surface area contributed by atoms with Crippen molar-refractivity contribution in [3.8, 4) is 0 Å². The number of hydrogen-bond donors (Lipinski definition) is 1. The molecule has 1 N–H and O–H groups in total. The van der Waals surface area contributed by atoms with Gasteiger partial charge in [0.2, 0.25) is 20.0 Å². The molecule has 6 nitrogen and oxygen atoms in total. The lowest BCUT2D eigenvalue weighted by molar-refractivity contribution is 0.580. The zero-order chi connectivity index (χ0) is 18.8. The minimum absolute atomic E-state index is 0.0690. The van der Waals surface area contributed by atoms with Gasteiger partial charge in [-0.15, -0.1) is 0 Å². The number of aryl methyl sites for hydroxylation is 1. The van der Waals surface area contributed by atoms with Gasteiger partial charge in [-0.3, -0.25) is 4.31 Å². The van der Waals surface area contributed by atoms with Crippen molar-refractivity contribution >= 4 is 25.7 Å². The second kappa shape index (κ2) is 7.15. The van der Waals surface area contributed by atoms with Gasteiger partial charge in [0.1, 0.15) is 0 Å². The van der Waals surface area contributed by atoms with Crippen LogP contribution >= 0.6 is 0 Å². The van der Waals surface area contributed by atoms with Gasteiger partial charge in [0.15, 0.2) is 0 Å². The molecule has 136 valence electrons. The molecular weight excluding hydrogens is 360 g/mol. The third-order valence-corrected chi connectivity index (χ3v) is 6.72. The van der Waals surface area contributed by atoms with E-state index < -0.39 is 20.0 Å². The van der Waals surface area contributed by atoms with Gasteiger partial charge in [-0.2, -0.15) is 0 Å². The molecule has 2 rings (SSSR count). The summed E-state index contributed by atoms with van der Waals surface area (Å²) >= 11 is 0. The first-order valence-electron chi connectivity index (χ1n) is 7.62. The summed E-state index contributed by atoms with van der Waals surface area (Å²) in [5.41, 5.74) is 2.30. The molecule has 2 aromatic carbocycles. The van der Waals surface area contributed by atoms with Crippen LogP contribution in [0.5, 0.6) is 0 Å². The molecule has 0 aliphatic heterocycles. The maximum atomic E-state index is 12.7. The monoisotopic (exact) mass is 382 g/mol. The fourth-order valence-corrected chi connectivity index (χ4v) is 4.48. The van der Waals surface area contributed by atoms with Crippen molar-refractivity contribution in [2.24, 2.45) is 0 Å². The van der Waals surface area contributed by atoms with Crippen molar-refractivity contribution in [1.82, 2.24) is 4.72 Å². The molecule has 0 aliphatic carbocycles. The largest absolute Gasteiger partial charge is 0.273 e. The van der Waals surface area contributed by atoms with E-state index in [-0.39, 0.29) is 11.4 Å². The van der Waals surface area contributed by atoms with Gasteiger partial charge in [0, 0.05) is 13.6 Å². The minimum atomic E-state index is -3.78. The quantitative estimate of drug-likeness (QED) is 0.830. The summed E-state index contributed by atoms with van der Waals surface area (Å²) in [5, 5.41) is 0. The number of sulfonamides is 2. The highest BCUT2D eigenvalue weighted by molar-refractivity contribution is 7.92. The molecule has 8 heteroatoms. The maximum absolute atomic E-state index is 12.7. The first kappa shape index (κ1) is 19.4. The van der Waals surface area contributed by atoms with E-state index in [0.29, 0.717) is 16.8 Å². The molecule has 0 bridgehead atoms. The SMILES string of the molecule is Cc1ccc(S(=O)(=O)NCc2ccccc2)c(C)c1N(C)S(C)(=O)=O. The van der Waals surface area contributed by atoms with Crippen LogP contribution < -0.4 is 9.03 Å². The van der Waals surface area contributed by atoms with E-state index in [2.05, 4.69) is 4.72 Å². The Kier molecular flexibility index (Phi) is 5.55. The molecule has 25 heavy (non-hydrogen) atoms. The molecule has 0 fully saturated rings. The van der Waals surface area contributed by atoms with Crippen LogP contribution in [0.25, 0.3) is 0 Å². The number of nitrogens with one attached hydrogen (secondary N) is 1. The van der Waals surface area contributed by atoms with Gasteiger partial charge in [0.05, 0.1) is 16.8 Å². The van der Waals surface area contributed by atoms with Crippen molar-refractivity contribution < 1.29 is 16.8 Å². The topological polar surface area (TPSA) is 83.6 Å². The zero-order valence-electron chi connectivity index (χ0n) is 14.6. The van der Waals surface area contributed by atoms with Crippen LogP contribution in [0.3, 0.4) is 0 Å². The fraction of sp³-hybridized carbons (Fsp3) is 0.294. The first-order valence-corrected chi connectivity index (χ1v) is 10.9. The van der Waals surface area contributed by atoms with Gasteiger partial charge < -0.3 is 0 Å². The Morgan fingerprint density at radius 3 is 2.12 bits per heavy atom. The predicted molar refractivity (Wildman–Crippen MR) is 99.6 cm³/mol. The standard InChI is InChI=1S/C17H22N2O4S2/c1-13-10-11-16(14(2)17(13)19(3)24(4,20)21)25(22,23)18-12-15-8-6-5-7-9-15/h5-11,18H,12H2,1-4H3. The van der Waals surface area contributed by atoms with Crippen molar-refractivity contribution in [1.29, 1.82) is 0 Å². The molecule has 0 atom stereocenters. The summed E-state index contributed by atoms with van der Waals surface area (Å²) in [7, 11) is -5.86. The zero-order valence-corrected chi connectivity index (χ0v) is 16.3. The fourth-order valence-electron chi connectivity index (χ4n) is 2.61. The molecule has 0 saturated heterocycles. The molecule has 0 aliphatic rings. The third kappa shape index (κ3) is 4.39. The van der Waals surface area contributed by atoms with Gasteiger partial charge in [-0.05, 0) is 36.6 Å². The summed E-state index contributed by atoms with van der Waals surface area (Å²) in [6.07, 6.45) is 1.08. The van der Waals surface area contributed by atoms with Crippen LogP contribution in [0, 0.1) is 13.8 Å². The van der Waals surface area contributed by atoms with Crippen LogP contribution in [0.1, 0.15) is 16.7 Å². The van der Waals surface area contributed by atoms with Gasteiger partial charge in [-0.25, -0.2) is 21.6 Å². The Bertz CT molecular complexity index is 969. The molecule has 0 heterocycles. The summed E-state index contributed by atoms with van der Waals surface area (Å²) in [6, 6.07) is 12.3. The molecule has 0 unspecified atom stereocenters. The van der Waals surface area contributed by atoms with Crippen molar-refractivity contribution in [3.05, 3.63) is 59.2 Å². The van der Waals surface area contributed by atoms with E-state index in [1.807, 2.05) is 30.3 Å². The lowest BCUT2D eigenvalue weighted by atomic mass is 10.1. The lowest BCUT2D eigenvalue weighted by Crippen LogP contribution is -2.28. The normalized spacial score (nSPS) is 12.2. The van der Waals surface area contributed by atoms with E-state index >= 15 is 0 Å². The summed E-state index contributed by atoms with van der Waals surface area (Å²) in [4.78, 5) is 0.0690. The molecule has 0 amide bonds. The highest BCUT2D eigenvalue weighted by atomic mass is 32.2. The second-order valence-electron chi connectivity index (χ2n) is 5.89. The second-order valence-corrected chi connectivity index (χ2v) is 9.64. The number of rotatable bonds is 6. The number of benzene rings is 2. The smallest absolute Gasteiger partial charge is 0.241 e. The molecule has 0 spiro atoms. The van der Waals surface area contributed by atoms with Crippen LogP contribution in [0.2, 0.25) is 0 Å². The predicted octanol–water partition coefficient (Wildman–Crippen LogP) is 2.18. The average Bonchev–Trinajstić information content (AvgIpc) is 2.53. The molecule has 0 radical (unpaired) electrons.